The maximum atomic E-state index is 11.3. The molecule has 0 bridgehead atoms. The summed E-state index contributed by atoms with van der Waals surface area (Å²) in [6, 6.07) is 0. The first-order valence-electron chi connectivity index (χ1n) is 5.82. The van der Waals surface area contributed by atoms with Crippen LogP contribution in [-0.4, -0.2) is 73.9 Å². The quantitative estimate of drug-likeness (QED) is 0.643. The highest BCUT2D eigenvalue weighted by Gasteiger charge is 2.25. The molecule has 1 atom stereocenters. The molecular formula is C10H23N3O3S. The highest BCUT2D eigenvalue weighted by molar-refractivity contribution is 7.88. The number of rotatable bonds is 5. The first-order chi connectivity index (χ1) is 7.74. The lowest BCUT2D eigenvalue weighted by atomic mass is 10.0. The van der Waals surface area contributed by atoms with E-state index in [0.29, 0.717) is 19.5 Å². The van der Waals surface area contributed by atoms with Crippen LogP contribution in [0.1, 0.15) is 13.3 Å². The van der Waals surface area contributed by atoms with Crippen molar-refractivity contribution < 1.29 is 13.5 Å². The van der Waals surface area contributed by atoms with E-state index in [2.05, 4.69) is 4.90 Å². The van der Waals surface area contributed by atoms with Gasteiger partial charge < -0.3 is 15.7 Å². The molecule has 102 valence electrons. The Bertz CT molecular complexity index is 335. The first kappa shape index (κ1) is 14.8. The van der Waals surface area contributed by atoms with Crippen molar-refractivity contribution in [3.8, 4) is 0 Å². The van der Waals surface area contributed by atoms with Crippen LogP contribution in [0.15, 0.2) is 0 Å². The van der Waals surface area contributed by atoms with Gasteiger partial charge in [-0.2, -0.15) is 4.31 Å². The molecule has 0 aliphatic carbocycles. The van der Waals surface area contributed by atoms with Gasteiger partial charge in [-0.05, 0) is 13.3 Å². The van der Waals surface area contributed by atoms with E-state index >= 15 is 0 Å². The molecule has 1 aliphatic rings. The van der Waals surface area contributed by atoms with Gasteiger partial charge in [-0.15, -0.1) is 0 Å². The van der Waals surface area contributed by atoms with Crippen molar-refractivity contribution in [1.29, 1.82) is 0 Å². The summed E-state index contributed by atoms with van der Waals surface area (Å²) in [6.07, 6.45) is 1.95. The second-order valence-corrected chi connectivity index (χ2v) is 7.05. The summed E-state index contributed by atoms with van der Waals surface area (Å²) in [6.45, 7) is 5.13. The maximum Gasteiger partial charge on any atom is 0.211 e. The van der Waals surface area contributed by atoms with Gasteiger partial charge in [0.15, 0.2) is 0 Å². The molecule has 0 aromatic rings. The van der Waals surface area contributed by atoms with E-state index in [1.165, 1.54) is 10.6 Å². The average Bonchev–Trinajstić information content (AvgIpc) is 2.26. The molecule has 0 spiro atoms. The molecule has 3 N–H and O–H groups in total. The summed E-state index contributed by atoms with van der Waals surface area (Å²) in [4.78, 5) is 2.18. The largest absolute Gasteiger partial charge is 0.394 e. The Morgan fingerprint density at radius 2 is 1.82 bits per heavy atom. The number of hydrogen-bond donors (Lipinski definition) is 2. The van der Waals surface area contributed by atoms with Crippen molar-refractivity contribution in [2.24, 2.45) is 5.73 Å². The second-order valence-electron chi connectivity index (χ2n) is 5.07. The van der Waals surface area contributed by atoms with Crippen molar-refractivity contribution in [3.05, 3.63) is 0 Å². The van der Waals surface area contributed by atoms with Crippen molar-refractivity contribution in [2.75, 3.05) is 45.6 Å². The Labute approximate surface area is 103 Å². The normalized spacial score (nSPS) is 23.5. The highest BCUT2D eigenvalue weighted by Crippen LogP contribution is 2.10. The Balaban J connectivity index is 2.33. The molecule has 1 rings (SSSR count). The van der Waals surface area contributed by atoms with Crippen LogP contribution in [0.2, 0.25) is 0 Å². The predicted molar refractivity (Wildman–Crippen MR) is 67.2 cm³/mol. The summed E-state index contributed by atoms with van der Waals surface area (Å²) >= 11 is 0. The zero-order valence-electron chi connectivity index (χ0n) is 10.6. The topological polar surface area (TPSA) is 86.9 Å². The molecule has 1 unspecified atom stereocenters. The summed E-state index contributed by atoms with van der Waals surface area (Å²) in [5.41, 5.74) is 5.30. The Kier molecular flexibility index (Phi) is 4.91. The fourth-order valence-electron chi connectivity index (χ4n) is 1.78. The Morgan fingerprint density at radius 3 is 2.24 bits per heavy atom. The van der Waals surface area contributed by atoms with Gasteiger partial charge >= 0.3 is 0 Å². The van der Waals surface area contributed by atoms with Gasteiger partial charge in [0.1, 0.15) is 0 Å². The molecule has 1 aliphatic heterocycles. The van der Waals surface area contributed by atoms with Crippen LogP contribution in [-0.2, 0) is 10.0 Å². The maximum absolute atomic E-state index is 11.3. The number of nitrogens with zero attached hydrogens (tertiary/aromatic N) is 2. The lowest BCUT2D eigenvalue weighted by Crippen LogP contribution is -2.50. The Morgan fingerprint density at radius 1 is 1.29 bits per heavy atom. The van der Waals surface area contributed by atoms with E-state index in [4.69, 9.17) is 10.8 Å². The predicted octanol–water partition coefficient (Wildman–Crippen LogP) is -1.34. The molecule has 1 saturated heterocycles. The molecule has 1 heterocycles. The molecule has 7 heteroatoms. The van der Waals surface area contributed by atoms with Gasteiger partial charge in [-0.25, -0.2) is 8.42 Å². The fourth-order valence-corrected chi connectivity index (χ4v) is 2.60. The van der Waals surface area contributed by atoms with Crippen molar-refractivity contribution >= 4 is 10.0 Å². The molecule has 0 aromatic carbocycles. The van der Waals surface area contributed by atoms with E-state index in [1.807, 2.05) is 6.92 Å². The van der Waals surface area contributed by atoms with Crippen LogP contribution in [0.4, 0.5) is 0 Å². The van der Waals surface area contributed by atoms with Gasteiger partial charge in [0, 0.05) is 38.3 Å². The molecular weight excluding hydrogens is 242 g/mol. The van der Waals surface area contributed by atoms with Gasteiger partial charge in [0.05, 0.1) is 12.9 Å². The molecule has 17 heavy (non-hydrogen) atoms. The molecule has 0 saturated carbocycles. The van der Waals surface area contributed by atoms with Crippen LogP contribution in [0.25, 0.3) is 0 Å². The number of aliphatic hydroxyl groups excluding tert-OH is 1. The standard InChI is InChI=1S/C10H23N3O3S/c1-10(11,9-14)3-4-12-5-7-13(8-6-12)17(2,15)16/h14H,3-9,11H2,1-2H3. The smallest absolute Gasteiger partial charge is 0.211 e. The van der Waals surface area contributed by atoms with Gasteiger partial charge in [-0.1, -0.05) is 0 Å². The van der Waals surface area contributed by atoms with Crippen LogP contribution in [0.5, 0.6) is 0 Å². The third kappa shape index (κ3) is 4.89. The minimum Gasteiger partial charge on any atom is -0.394 e. The minimum absolute atomic E-state index is 0.0314. The monoisotopic (exact) mass is 265 g/mol. The number of hydrogen-bond acceptors (Lipinski definition) is 5. The van der Waals surface area contributed by atoms with Gasteiger partial charge in [0.2, 0.25) is 10.0 Å². The minimum atomic E-state index is -3.06. The van der Waals surface area contributed by atoms with Crippen LogP contribution in [0, 0.1) is 0 Å². The lowest BCUT2D eigenvalue weighted by molar-refractivity contribution is 0.149. The fraction of sp³-hybridized carbons (Fsp3) is 1.00. The summed E-state index contributed by atoms with van der Waals surface area (Å²) in [5.74, 6) is 0. The van der Waals surface area contributed by atoms with E-state index in [0.717, 1.165) is 19.6 Å². The third-order valence-corrected chi connectivity index (χ3v) is 4.46. The zero-order valence-corrected chi connectivity index (χ0v) is 11.4. The Hall–Kier alpha value is -0.210. The van der Waals surface area contributed by atoms with Crippen molar-refractivity contribution in [1.82, 2.24) is 9.21 Å². The molecule has 6 nitrogen and oxygen atoms in total. The third-order valence-electron chi connectivity index (χ3n) is 3.16. The second kappa shape index (κ2) is 5.62. The van der Waals surface area contributed by atoms with Crippen molar-refractivity contribution in [3.63, 3.8) is 0 Å². The number of aliphatic hydroxyl groups is 1. The van der Waals surface area contributed by atoms with E-state index in [9.17, 15) is 8.42 Å². The SMILES string of the molecule is CC(N)(CO)CCN1CCN(S(C)(=O)=O)CC1. The highest BCUT2D eigenvalue weighted by atomic mass is 32.2. The molecule has 0 radical (unpaired) electrons. The van der Waals surface area contributed by atoms with Crippen LogP contribution >= 0.6 is 0 Å². The van der Waals surface area contributed by atoms with Gasteiger partial charge in [-0.3, -0.25) is 0 Å². The number of piperazine rings is 1. The number of sulfonamides is 1. The van der Waals surface area contributed by atoms with E-state index < -0.39 is 15.6 Å². The molecule has 0 amide bonds. The molecule has 0 aromatic heterocycles. The molecule has 1 fully saturated rings. The zero-order chi connectivity index (χ0) is 13.1. The average molecular weight is 265 g/mol. The van der Waals surface area contributed by atoms with Crippen LogP contribution < -0.4 is 5.73 Å². The summed E-state index contributed by atoms with van der Waals surface area (Å²) in [7, 11) is -3.06. The van der Waals surface area contributed by atoms with E-state index in [1.54, 1.807) is 0 Å². The van der Waals surface area contributed by atoms with Crippen LogP contribution in [0.3, 0.4) is 0 Å². The lowest BCUT2D eigenvalue weighted by Gasteiger charge is -2.34. The van der Waals surface area contributed by atoms with E-state index in [-0.39, 0.29) is 6.61 Å². The van der Waals surface area contributed by atoms with Crippen molar-refractivity contribution in [2.45, 2.75) is 18.9 Å². The first-order valence-corrected chi connectivity index (χ1v) is 7.67. The number of nitrogens with two attached hydrogens (primary N) is 1. The summed E-state index contributed by atoms with van der Waals surface area (Å²) < 4.78 is 24.1. The summed E-state index contributed by atoms with van der Waals surface area (Å²) in [5, 5.41) is 9.04. The van der Waals surface area contributed by atoms with Gasteiger partial charge in [0.25, 0.3) is 0 Å².